The molecule has 0 aliphatic heterocycles. The minimum atomic E-state index is -0.0759. The van der Waals surface area contributed by atoms with Gasteiger partial charge in [0.05, 0.1) is 19.0 Å². The predicted octanol–water partition coefficient (Wildman–Crippen LogP) is 4.43. The molecule has 5 nitrogen and oxygen atoms in total. The minimum Gasteiger partial charge on any atom is -0.494 e. The number of Topliss-reactive ketones (excluding diaryl/α,β-unsaturated/α-hetero) is 1. The van der Waals surface area contributed by atoms with Gasteiger partial charge in [-0.05, 0) is 61.9 Å². The molecule has 0 saturated carbocycles. The first-order valence-electron chi connectivity index (χ1n) is 8.92. The first-order valence-corrected chi connectivity index (χ1v) is 10.1. The summed E-state index contributed by atoms with van der Waals surface area (Å²) in [4.78, 5) is 23.2. The van der Waals surface area contributed by atoms with Gasteiger partial charge in [0.15, 0.2) is 5.78 Å². The number of thioether (sulfide) groups is 1. The molecule has 0 unspecified atom stereocenters. The zero-order valence-electron chi connectivity index (χ0n) is 15.7. The van der Waals surface area contributed by atoms with E-state index < -0.39 is 0 Å². The van der Waals surface area contributed by atoms with Crippen molar-refractivity contribution in [3.05, 3.63) is 54.1 Å². The molecule has 0 heterocycles. The van der Waals surface area contributed by atoms with Crippen LogP contribution in [0.5, 0.6) is 11.5 Å². The molecule has 2 aromatic rings. The largest absolute Gasteiger partial charge is 0.494 e. The van der Waals surface area contributed by atoms with Crippen LogP contribution in [0.25, 0.3) is 0 Å². The SMILES string of the molecule is CCCOc1ccc(OCCSCC(=O)Nc2ccc(C(C)=O)cc2)cc1. The Hall–Kier alpha value is -2.47. The lowest BCUT2D eigenvalue weighted by molar-refractivity contribution is -0.113. The molecule has 0 radical (unpaired) electrons. The summed E-state index contributed by atoms with van der Waals surface area (Å²) in [5.74, 6) is 2.62. The second kappa shape index (κ2) is 11.3. The zero-order valence-corrected chi connectivity index (χ0v) is 16.5. The molecule has 0 spiro atoms. The molecule has 0 bridgehead atoms. The Kier molecular flexibility index (Phi) is 8.71. The Morgan fingerprint density at radius 2 is 1.52 bits per heavy atom. The summed E-state index contributed by atoms with van der Waals surface area (Å²) in [5.41, 5.74) is 1.32. The lowest BCUT2D eigenvalue weighted by atomic mass is 10.1. The Morgan fingerprint density at radius 1 is 0.926 bits per heavy atom. The van der Waals surface area contributed by atoms with E-state index >= 15 is 0 Å². The summed E-state index contributed by atoms with van der Waals surface area (Å²) >= 11 is 1.51. The van der Waals surface area contributed by atoms with Gasteiger partial charge < -0.3 is 14.8 Å². The van der Waals surface area contributed by atoms with Gasteiger partial charge >= 0.3 is 0 Å². The molecule has 1 amide bonds. The molecule has 144 valence electrons. The number of carbonyl (C=O) groups is 2. The van der Waals surface area contributed by atoms with Crippen LogP contribution in [0.1, 0.15) is 30.6 Å². The number of hydrogen-bond acceptors (Lipinski definition) is 5. The molecular formula is C21H25NO4S. The predicted molar refractivity (Wildman–Crippen MR) is 110 cm³/mol. The van der Waals surface area contributed by atoms with Crippen LogP contribution in [-0.2, 0) is 4.79 Å². The van der Waals surface area contributed by atoms with Crippen LogP contribution in [0.3, 0.4) is 0 Å². The Labute approximate surface area is 164 Å². The van der Waals surface area contributed by atoms with E-state index in [9.17, 15) is 9.59 Å². The molecule has 27 heavy (non-hydrogen) atoms. The van der Waals surface area contributed by atoms with Crippen molar-refractivity contribution in [3.8, 4) is 11.5 Å². The highest BCUT2D eigenvalue weighted by Gasteiger charge is 2.04. The fraction of sp³-hybridized carbons (Fsp3) is 0.333. The van der Waals surface area contributed by atoms with Gasteiger partial charge in [-0.3, -0.25) is 9.59 Å². The summed E-state index contributed by atoms with van der Waals surface area (Å²) in [7, 11) is 0. The van der Waals surface area contributed by atoms with E-state index in [1.807, 2.05) is 24.3 Å². The highest BCUT2D eigenvalue weighted by molar-refractivity contribution is 7.99. The summed E-state index contributed by atoms with van der Waals surface area (Å²) in [6.45, 7) is 4.82. The summed E-state index contributed by atoms with van der Waals surface area (Å²) in [6, 6.07) is 14.4. The molecule has 0 aliphatic carbocycles. The third-order valence-electron chi connectivity index (χ3n) is 3.60. The van der Waals surface area contributed by atoms with Gasteiger partial charge in [0.2, 0.25) is 5.91 Å². The van der Waals surface area contributed by atoms with Gasteiger partial charge in [0.1, 0.15) is 11.5 Å². The van der Waals surface area contributed by atoms with Crippen LogP contribution in [0, 0.1) is 0 Å². The molecule has 6 heteroatoms. The number of rotatable bonds is 11. The summed E-state index contributed by atoms with van der Waals surface area (Å²) < 4.78 is 11.2. The second-order valence-corrected chi connectivity index (χ2v) is 7.01. The van der Waals surface area contributed by atoms with E-state index in [1.54, 1.807) is 24.3 Å². The molecular weight excluding hydrogens is 362 g/mol. The Balaban J connectivity index is 1.62. The van der Waals surface area contributed by atoms with Crippen LogP contribution in [0.15, 0.2) is 48.5 Å². The number of carbonyl (C=O) groups excluding carboxylic acids is 2. The Bertz CT molecular complexity index is 729. The van der Waals surface area contributed by atoms with Gasteiger partial charge in [-0.25, -0.2) is 0 Å². The number of ketones is 1. The average molecular weight is 388 g/mol. The van der Waals surface area contributed by atoms with Gasteiger partial charge in [-0.1, -0.05) is 6.92 Å². The van der Waals surface area contributed by atoms with Gasteiger partial charge in [0, 0.05) is 17.0 Å². The van der Waals surface area contributed by atoms with Crippen LogP contribution in [-0.4, -0.2) is 36.4 Å². The molecule has 0 atom stereocenters. The van der Waals surface area contributed by atoms with Gasteiger partial charge in [-0.15, -0.1) is 11.8 Å². The number of anilines is 1. The topological polar surface area (TPSA) is 64.6 Å². The fourth-order valence-corrected chi connectivity index (χ4v) is 2.82. The van der Waals surface area contributed by atoms with E-state index in [4.69, 9.17) is 9.47 Å². The molecule has 2 aromatic carbocycles. The standard InChI is InChI=1S/C21H25NO4S/c1-3-12-25-19-8-10-20(11-9-19)26-13-14-27-15-21(24)22-18-6-4-17(5-7-18)16(2)23/h4-11H,3,12-15H2,1-2H3,(H,22,24). The monoisotopic (exact) mass is 387 g/mol. The normalized spacial score (nSPS) is 10.3. The van der Waals surface area contributed by atoms with E-state index in [1.165, 1.54) is 18.7 Å². The van der Waals surface area contributed by atoms with Gasteiger partial charge in [0.25, 0.3) is 0 Å². The highest BCUT2D eigenvalue weighted by atomic mass is 32.2. The van der Waals surface area contributed by atoms with Crippen molar-refractivity contribution < 1.29 is 19.1 Å². The third-order valence-corrected chi connectivity index (χ3v) is 4.52. The van der Waals surface area contributed by atoms with Crippen molar-refractivity contribution in [2.24, 2.45) is 0 Å². The molecule has 0 aromatic heterocycles. The Morgan fingerprint density at radius 3 is 2.07 bits per heavy atom. The van der Waals surface area contributed by atoms with Crippen molar-refractivity contribution in [2.75, 3.05) is 30.0 Å². The first-order chi connectivity index (χ1) is 13.1. The average Bonchev–Trinajstić information content (AvgIpc) is 2.67. The van der Waals surface area contributed by atoms with Crippen molar-refractivity contribution in [1.82, 2.24) is 0 Å². The summed E-state index contributed by atoms with van der Waals surface area (Å²) in [6.07, 6.45) is 0.979. The van der Waals surface area contributed by atoms with Crippen LogP contribution < -0.4 is 14.8 Å². The van der Waals surface area contributed by atoms with E-state index in [2.05, 4.69) is 12.2 Å². The quantitative estimate of drug-likeness (QED) is 0.456. The number of hydrogen-bond donors (Lipinski definition) is 1. The number of benzene rings is 2. The third kappa shape index (κ3) is 7.74. The van der Waals surface area contributed by atoms with Crippen LogP contribution >= 0.6 is 11.8 Å². The van der Waals surface area contributed by atoms with Crippen molar-refractivity contribution in [2.45, 2.75) is 20.3 Å². The lowest BCUT2D eigenvalue weighted by Crippen LogP contribution is -2.15. The first kappa shape index (κ1) is 20.8. The highest BCUT2D eigenvalue weighted by Crippen LogP contribution is 2.18. The lowest BCUT2D eigenvalue weighted by Gasteiger charge is -2.08. The summed E-state index contributed by atoms with van der Waals surface area (Å²) in [5, 5.41) is 2.81. The van der Waals surface area contributed by atoms with Crippen LogP contribution in [0.2, 0.25) is 0 Å². The molecule has 2 rings (SSSR count). The number of amides is 1. The molecule has 0 saturated heterocycles. The maximum Gasteiger partial charge on any atom is 0.234 e. The number of nitrogens with one attached hydrogen (secondary N) is 1. The minimum absolute atomic E-state index is 0.00607. The molecule has 0 aliphatic rings. The fourth-order valence-electron chi connectivity index (χ4n) is 2.22. The van der Waals surface area contributed by atoms with Crippen LogP contribution in [0.4, 0.5) is 5.69 Å². The maximum absolute atomic E-state index is 11.9. The van der Waals surface area contributed by atoms with Crippen molar-refractivity contribution in [3.63, 3.8) is 0 Å². The molecule has 0 fully saturated rings. The van der Waals surface area contributed by atoms with E-state index in [-0.39, 0.29) is 11.7 Å². The molecule has 1 N–H and O–H groups in total. The zero-order chi connectivity index (χ0) is 19.5. The smallest absolute Gasteiger partial charge is 0.234 e. The maximum atomic E-state index is 11.9. The van der Waals surface area contributed by atoms with Crippen molar-refractivity contribution >= 4 is 29.1 Å². The second-order valence-electron chi connectivity index (χ2n) is 5.90. The van der Waals surface area contributed by atoms with Gasteiger partial charge in [-0.2, -0.15) is 0 Å². The van der Waals surface area contributed by atoms with E-state index in [0.717, 1.165) is 17.9 Å². The number of ether oxygens (including phenoxy) is 2. The van der Waals surface area contributed by atoms with Crippen molar-refractivity contribution in [1.29, 1.82) is 0 Å². The van der Waals surface area contributed by atoms with E-state index in [0.29, 0.717) is 36.0 Å².